The number of hydrogen-bond donors (Lipinski definition) is 2. The van der Waals surface area contributed by atoms with Gasteiger partial charge >= 0.3 is 0 Å². The molecule has 0 bridgehead atoms. The van der Waals surface area contributed by atoms with Crippen molar-refractivity contribution in [2.45, 2.75) is 25.5 Å². The summed E-state index contributed by atoms with van der Waals surface area (Å²) in [5.41, 5.74) is 1.96. The van der Waals surface area contributed by atoms with Gasteiger partial charge in [-0.2, -0.15) is 0 Å². The van der Waals surface area contributed by atoms with E-state index >= 15 is 0 Å². The maximum atomic E-state index is 10.1. The number of nitrogens with one attached hydrogen (secondary N) is 1. The molecule has 2 N–H and O–H groups in total. The summed E-state index contributed by atoms with van der Waals surface area (Å²) < 4.78 is 0. The molecule has 1 aliphatic rings. The number of benzene rings is 1. The largest absolute Gasteiger partial charge is 0.387 e. The molecule has 22 heavy (non-hydrogen) atoms. The number of aliphatic hydroxyl groups excluding tert-OH is 1. The van der Waals surface area contributed by atoms with Crippen LogP contribution >= 0.6 is 0 Å². The molecule has 0 aliphatic carbocycles. The standard InChI is InChI=1S/C17H22N4O/c22-16(15-6-2-1-3-7-15)13-18-10-14-11-19-17(20-12-14)21-8-4-5-9-21/h1-3,6-7,11-12,16,18,22H,4-5,8-10,13H2. The Labute approximate surface area is 131 Å². The first-order chi connectivity index (χ1) is 10.8. The first kappa shape index (κ1) is 14.9. The van der Waals surface area contributed by atoms with Gasteiger partial charge in [0, 0.05) is 44.1 Å². The van der Waals surface area contributed by atoms with Gasteiger partial charge in [0.1, 0.15) is 0 Å². The molecule has 3 rings (SSSR count). The average Bonchev–Trinajstić information content (AvgIpc) is 3.11. The average molecular weight is 298 g/mol. The Morgan fingerprint density at radius 2 is 1.77 bits per heavy atom. The molecule has 1 fully saturated rings. The van der Waals surface area contributed by atoms with E-state index in [9.17, 15) is 5.11 Å². The number of hydrogen-bond acceptors (Lipinski definition) is 5. The minimum atomic E-state index is -0.494. The number of nitrogens with zero attached hydrogens (tertiary/aromatic N) is 3. The maximum Gasteiger partial charge on any atom is 0.225 e. The predicted molar refractivity (Wildman–Crippen MR) is 86.6 cm³/mol. The Balaban J connectivity index is 1.47. The smallest absolute Gasteiger partial charge is 0.225 e. The molecule has 1 saturated heterocycles. The number of anilines is 1. The molecule has 0 saturated carbocycles. The van der Waals surface area contributed by atoms with Gasteiger partial charge in [0.25, 0.3) is 0 Å². The van der Waals surface area contributed by atoms with Crippen LogP contribution in [0.15, 0.2) is 42.7 Å². The molecule has 1 aromatic heterocycles. The third-order valence-electron chi connectivity index (χ3n) is 3.93. The van der Waals surface area contributed by atoms with Crippen LogP contribution < -0.4 is 10.2 Å². The topological polar surface area (TPSA) is 61.3 Å². The second-order valence-electron chi connectivity index (χ2n) is 5.64. The zero-order valence-corrected chi connectivity index (χ0v) is 12.7. The van der Waals surface area contributed by atoms with Crippen molar-refractivity contribution < 1.29 is 5.11 Å². The van der Waals surface area contributed by atoms with E-state index in [-0.39, 0.29) is 0 Å². The molecule has 1 aliphatic heterocycles. The zero-order chi connectivity index (χ0) is 15.2. The van der Waals surface area contributed by atoms with Gasteiger partial charge in [0.2, 0.25) is 5.95 Å². The zero-order valence-electron chi connectivity index (χ0n) is 12.7. The fraction of sp³-hybridized carbons (Fsp3) is 0.412. The minimum Gasteiger partial charge on any atom is -0.387 e. The molecule has 2 heterocycles. The molecule has 5 heteroatoms. The van der Waals surface area contributed by atoms with Crippen LogP contribution in [0, 0.1) is 0 Å². The molecule has 0 amide bonds. The fourth-order valence-corrected chi connectivity index (χ4v) is 2.67. The van der Waals surface area contributed by atoms with E-state index in [1.54, 1.807) is 0 Å². The van der Waals surface area contributed by atoms with E-state index in [0.29, 0.717) is 13.1 Å². The van der Waals surface area contributed by atoms with Gasteiger partial charge in [-0.05, 0) is 18.4 Å². The molecule has 5 nitrogen and oxygen atoms in total. The maximum absolute atomic E-state index is 10.1. The molecule has 116 valence electrons. The fourth-order valence-electron chi connectivity index (χ4n) is 2.67. The summed E-state index contributed by atoms with van der Waals surface area (Å²) in [6.07, 6.45) is 5.69. The number of rotatable bonds is 6. The highest BCUT2D eigenvalue weighted by Crippen LogP contribution is 2.15. The third kappa shape index (κ3) is 3.81. The van der Waals surface area contributed by atoms with Crippen molar-refractivity contribution in [1.29, 1.82) is 0 Å². The Morgan fingerprint density at radius 1 is 1.09 bits per heavy atom. The highest BCUT2D eigenvalue weighted by molar-refractivity contribution is 5.30. The van der Waals surface area contributed by atoms with Crippen molar-refractivity contribution in [1.82, 2.24) is 15.3 Å². The van der Waals surface area contributed by atoms with E-state index in [1.165, 1.54) is 12.8 Å². The molecular weight excluding hydrogens is 276 g/mol. The summed E-state index contributed by atoms with van der Waals surface area (Å²) in [6, 6.07) is 9.68. The van der Waals surface area contributed by atoms with Gasteiger partial charge in [0.15, 0.2) is 0 Å². The van der Waals surface area contributed by atoms with Crippen molar-refractivity contribution in [3.05, 3.63) is 53.9 Å². The summed E-state index contributed by atoms with van der Waals surface area (Å²) in [5, 5.41) is 13.3. The van der Waals surface area contributed by atoms with Gasteiger partial charge in [-0.15, -0.1) is 0 Å². The van der Waals surface area contributed by atoms with Crippen LogP contribution in [0.5, 0.6) is 0 Å². The van der Waals surface area contributed by atoms with E-state index in [1.807, 2.05) is 42.7 Å². The first-order valence-electron chi connectivity index (χ1n) is 7.82. The van der Waals surface area contributed by atoms with Crippen LogP contribution in [-0.2, 0) is 6.54 Å². The lowest BCUT2D eigenvalue weighted by molar-refractivity contribution is 0.174. The van der Waals surface area contributed by atoms with Crippen LogP contribution in [0.25, 0.3) is 0 Å². The molecule has 1 atom stereocenters. The van der Waals surface area contributed by atoms with Gasteiger partial charge < -0.3 is 15.3 Å². The number of aromatic nitrogens is 2. The van der Waals surface area contributed by atoms with E-state index < -0.39 is 6.10 Å². The highest BCUT2D eigenvalue weighted by atomic mass is 16.3. The summed E-state index contributed by atoms with van der Waals surface area (Å²) in [7, 11) is 0. The highest BCUT2D eigenvalue weighted by Gasteiger charge is 2.14. The molecule has 1 aromatic carbocycles. The Bertz CT molecular complexity index is 567. The number of aliphatic hydroxyl groups is 1. The summed E-state index contributed by atoms with van der Waals surface area (Å²) in [5.74, 6) is 0.825. The van der Waals surface area contributed by atoms with Crippen LogP contribution in [0.1, 0.15) is 30.1 Å². The van der Waals surface area contributed by atoms with Crippen LogP contribution in [0.4, 0.5) is 5.95 Å². The normalized spacial score (nSPS) is 16.0. The van der Waals surface area contributed by atoms with Crippen LogP contribution in [-0.4, -0.2) is 34.7 Å². The van der Waals surface area contributed by atoms with Crippen molar-refractivity contribution in [3.63, 3.8) is 0 Å². The van der Waals surface area contributed by atoms with Crippen LogP contribution in [0.3, 0.4) is 0 Å². The van der Waals surface area contributed by atoms with Gasteiger partial charge in [-0.1, -0.05) is 30.3 Å². The third-order valence-corrected chi connectivity index (χ3v) is 3.93. The van der Waals surface area contributed by atoms with E-state index in [4.69, 9.17) is 0 Å². The lowest BCUT2D eigenvalue weighted by Gasteiger charge is -2.15. The monoisotopic (exact) mass is 298 g/mol. The lowest BCUT2D eigenvalue weighted by atomic mass is 10.1. The first-order valence-corrected chi connectivity index (χ1v) is 7.82. The molecular formula is C17H22N4O. The quantitative estimate of drug-likeness (QED) is 0.853. The lowest BCUT2D eigenvalue weighted by Crippen LogP contribution is -2.22. The van der Waals surface area contributed by atoms with Gasteiger partial charge in [-0.25, -0.2) is 9.97 Å². The summed E-state index contributed by atoms with van der Waals surface area (Å²) in [4.78, 5) is 11.1. The Morgan fingerprint density at radius 3 is 2.45 bits per heavy atom. The van der Waals surface area contributed by atoms with Gasteiger partial charge in [-0.3, -0.25) is 0 Å². The molecule has 0 spiro atoms. The minimum absolute atomic E-state index is 0.494. The van der Waals surface area contributed by atoms with E-state index in [0.717, 1.165) is 30.2 Å². The van der Waals surface area contributed by atoms with Crippen molar-refractivity contribution in [3.8, 4) is 0 Å². The van der Waals surface area contributed by atoms with Crippen molar-refractivity contribution in [2.24, 2.45) is 0 Å². The molecule has 2 aromatic rings. The van der Waals surface area contributed by atoms with Crippen molar-refractivity contribution >= 4 is 5.95 Å². The second-order valence-corrected chi connectivity index (χ2v) is 5.64. The summed E-state index contributed by atoms with van der Waals surface area (Å²) >= 11 is 0. The van der Waals surface area contributed by atoms with E-state index in [2.05, 4.69) is 20.2 Å². The molecule has 1 unspecified atom stereocenters. The Kier molecular flexibility index (Phi) is 4.98. The van der Waals surface area contributed by atoms with Gasteiger partial charge in [0.05, 0.1) is 6.10 Å². The SMILES string of the molecule is OC(CNCc1cnc(N2CCCC2)nc1)c1ccccc1. The second kappa shape index (κ2) is 7.33. The predicted octanol–water partition coefficient (Wildman–Crippen LogP) is 1.90. The van der Waals surface area contributed by atoms with Crippen molar-refractivity contribution in [2.75, 3.05) is 24.5 Å². The molecule has 0 radical (unpaired) electrons. The van der Waals surface area contributed by atoms with Crippen LogP contribution in [0.2, 0.25) is 0 Å². The summed E-state index contributed by atoms with van der Waals surface area (Å²) in [6.45, 7) is 3.28. The Hall–Kier alpha value is -1.98.